The third kappa shape index (κ3) is 5.84. The highest BCUT2D eigenvalue weighted by Crippen LogP contribution is 2.09. The van der Waals surface area contributed by atoms with Gasteiger partial charge < -0.3 is 5.32 Å². The van der Waals surface area contributed by atoms with Crippen LogP contribution in [0.4, 0.5) is 4.39 Å². The summed E-state index contributed by atoms with van der Waals surface area (Å²) < 4.78 is 13.1. The number of halogens is 1. The normalized spacial score (nSPS) is 11.7. The second-order valence-corrected chi connectivity index (χ2v) is 4.45. The second kappa shape index (κ2) is 8.72. The van der Waals surface area contributed by atoms with E-state index in [2.05, 4.69) is 24.1 Å². The lowest BCUT2D eigenvalue weighted by molar-refractivity contribution is 0.482. The van der Waals surface area contributed by atoms with Crippen molar-refractivity contribution in [1.29, 1.82) is 0 Å². The summed E-state index contributed by atoms with van der Waals surface area (Å²) in [6.45, 7) is 5.01. The molecule has 98 valence electrons. The van der Waals surface area contributed by atoms with Gasteiger partial charge in [-0.2, -0.15) is 0 Å². The van der Waals surface area contributed by atoms with Crippen molar-refractivity contribution >= 4 is 0 Å². The quantitative estimate of drug-likeness (QED) is 0.727. The standard InChI is InChI=1S/C16H22FN/c1-3-5-6-10-16(18-11-4-2)13-14-8-7-9-15(17)12-14/h7-9,12,16,18H,4,6,10-11,13H2,1-2H3. The summed E-state index contributed by atoms with van der Waals surface area (Å²) in [5, 5.41) is 3.51. The van der Waals surface area contributed by atoms with Crippen LogP contribution in [0.1, 0.15) is 38.7 Å². The summed E-state index contributed by atoms with van der Waals surface area (Å²) in [4.78, 5) is 0. The predicted molar refractivity (Wildman–Crippen MR) is 74.9 cm³/mol. The van der Waals surface area contributed by atoms with E-state index in [4.69, 9.17) is 0 Å². The van der Waals surface area contributed by atoms with Crippen LogP contribution in [0, 0.1) is 17.7 Å². The molecule has 1 rings (SSSR count). The zero-order valence-corrected chi connectivity index (χ0v) is 11.3. The van der Waals surface area contributed by atoms with E-state index < -0.39 is 0 Å². The Kier molecular flexibility index (Phi) is 7.13. The van der Waals surface area contributed by atoms with E-state index >= 15 is 0 Å². The minimum absolute atomic E-state index is 0.157. The summed E-state index contributed by atoms with van der Waals surface area (Å²) in [7, 11) is 0. The Labute approximate surface area is 110 Å². The molecule has 2 heteroatoms. The molecule has 1 N–H and O–H groups in total. The molecule has 0 radical (unpaired) electrons. The van der Waals surface area contributed by atoms with Crippen molar-refractivity contribution in [2.75, 3.05) is 6.54 Å². The van der Waals surface area contributed by atoms with E-state index in [0.29, 0.717) is 6.04 Å². The van der Waals surface area contributed by atoms with Crippen molar-refractivity contribution in [3.8, 4) is 11.8 Å². The number of nitrogens with one attached hydrogen (secondary N) is 1. The molecule has 0 saturated carbocycles. The summed E-state index contributed by atoms with van der Waals surface area (Å²) in [6.07, 6.45) is 3.88. The maximum Gasteiger partial charge on any atom is 0.123 e. The highest BCUT2D eigenvalue weighted by atomic mass is 19.1. The van der Waals surface area contributed by atoms with Crippen molar-refractivity contribution in [2.24, 2.45) is 0 Å². The fourth-order valence-electron chi connectivity index (χ4n) is 1.94. The average molecular weight is 247 g/mol. The first-order valence-corrected chi connectivity index (χ1v) is 6.63. The fraction of sp³-hybridized carbons (Fsp3) is 0.500. The zero-order valence-electron chi connectivity index (χ0n) is 11.3. The second-order valence-electron chi connectivity index (χ2n) is 4.45. The first-order chi connectivity index (χ1) is 8.76. The molecule has 1 aromatic carbocycles. The van der Waals surface area contributed by atoms with Crippen molar-refractivity contribution in [3.63, 3.8) is 0 Å². The molecular formula is C16H22FN. The van der Waals surface area contributed by atoms with Gasteiger partial charge in [0.25, 0.3) is 0 Å². The molecule has 1 unspecified atom stereocenters. The Hall–Kier alpha value is -1.33. The summed E-state index contributed by atoms with van der Waals surface area (Å²) in [5.74, 6) is 5.85. The van der Waals surface area contributed by atoms with Crippen LogP contribution in [0.3, 0.4) is 0 Å². The largest absolute Gasteiger partial charge is 0.314 e. The van der Waals surface area contributed by atoms with E-state index in [1.54, 1.807) is 12.1 Å². The lowest BCUT2D eigenvalue weighted by Gasteiger charge is -2.17. The lowest BCUT2D eigenvalue weighted by atomic mass is 10.0. The first-order valence-electron chi connectivity index (χ1n) is 6.63. The molecule has 0 bridgehead atoms. The van der Waals surface area contributed by atoms with Crippen LogP contribution in [0.5, 0.6) is 0 Å². The van der Waals surface area contributed by atoms with Crippen molar-refractivity contribution in [1.82, 2.24) is 5.32 Å². The Morgan fingerprint density at radius 2 is 2.22 bits per heavy atom. The van der Waals surface area contributed by atoms with E-state index in [0.717, 1.165) is 37.8 Å². The highest BCUT2D eigenvalue weighted by Gasteiger charge is 2.08. The lowest BCUT2D eigenvalue weighted by Crippen LogP contribution is -2.31. The minimum Gasteiger partial charge on any atom is -0.314 e. The van der Waals surface area contributed by atoms with E-state index in [1.165, 1.54) is 6.07 Å². The Bertz CT molecular complexity index is 403. The monoisotopic (exact) mass is 247 g/mol. The van der Waals surface area contributed by atoms with E-state index in [-0.39, 0.29) is 5.82 Å². The summed E-state index contributed by atoms with van der Waals surface area (Å²) in [6, 6.07) is 7.24. The molecule has 0 aliphatic heterocycles. The van der Waals surface area contributed by atoms with Gasteiger partial charge in [-0.05, 0) is 50.4 Å². The number of benzene rings is 1. The third-order valence-corrected chi connectivity index (χ3v) is 2.85. The highest BCUT2D eigenvalue weighted by molar-refractivity contribution is 5.17. The molecule has 0 aliphatic rings. The van der Waals surface area contributed by atoms with Gasteiger partial charge in [-0.3, -0.25) is 0 Å². The molecule has 0 amide bonds. The van der Waals surface area contributed by atoms with Crippen molar-refractivity contribution in [2.45, 2.75) is 45.6 Å². The first kappa shape index (κ1) is 14.7. The van der Waals surface area contributed by atoms with Gasteiger partial charge in [-0.15, -0.1) is 11.8 Å². The van der Waals surface area contributed by atoms with Gasteiger partial charge in [0.15, 0.2) is 0 Å². The van der Waals surface area contributed by atoms with Crippen LogP contribution in [-0.2, 0) is 6.42 Å². The molecule has 0 spiro atoms. The molecule has 1 atom stereocenters. The molecule has 0 fully saturated rings. The van der Waals surface area contributed by atoms with Gasteiger partial charge in [0.05, 0.1) is 0 Å². The van der Waals surface area contributed by atoms with E-state index in [1.807, 2.05) is 13.0 Å². The van der Waals surface area contributed by atoms with Gasteiger partial charge in [-0.1, -0.05) is 19.1 Å². The molecule has 1 nitrogen and oxygen atoms in total. The van der Waals surface area contributed by atoms with Crippen LogP contribution < -0.4 is 5.32 Å². The van der Waals surface area contributed by atoms with Crippen molar-refractivity contribution < 1.29 is 4.39 Å². The molecule has 1 aromatic rings. The fourth-order valence-corrected chi connectivity index (χ4v) is 1.94. The predicted octanol–water partition coefficient (Wildman–Crippen LogP) is 3.54. The topological polar surface area (TPSA) is 12.0 Å². The Morgan fingerprint density at radius 3 is 2.89 bits per heavy atom. The maximum absolute atomic E-state index is 13.1. The number of hydrogen-bond donors (Lipinski definition) is 1. The minimum atomic E-state index is -0.157. The van der Waals surface area contributed by atoms with Crippen LogP contribution in [0.2, 0.25) is 0 Å². The Balaban J connectivity index is 2.55. The van der Waals surface area contributed by atoms with E-state index in [9.17, 15) is 4.39 Å². The number of rotatable bonds is 7. The van der Waals surface area contributed by atoms with Gasteiger partial charge in [0.2, 0.25) is 0 Å². The van der Waals surface area contributed by atoms with Gasteiger partial charge in [-0.25, -0.2) is 4.39 Å². The SMILES string of the molecule is CC#CCCC(Cc1cccc(F)c1)NCCC. The third-order valence-electron chi connectivity index (χ3n) is 2.85. The zero-order chi connectivity index (χ0) is 13.2. The molecule has 0 heterocycles. The van der Waals surface area contributed by atoms with Gasteiger partial charge in [0.1, 0.15) is 5.82 Å². The molecule has 0 saturated heterocycles. The summed E-state index contributed by atoms with van der Waals surface area (Å²) in [5.41, 5.74) is 1.05. The van der Waals surface area contributed by atoms with Crippen LogP contribution in [0.15, 0.2) is 24.3 Å². The van der Waals surface area contributed by atoms with Crippen LogP contribution >= 0.6 is 0 Å². The number of hydrogen-bond acceptors (Lipinski definition) is 1. The van der Waals surface area contributed by atoms with Gasteiger partial charge in [0, 0.05) is 12.5 Å². The smallest absolute Gasteiger partial charge is 0.123 e. The molecule has 18 heavy (non-hydrogen) atoms. The average Bonchev–Trinajstić information content (AvgIpc) is 2.36. The molecule has 0 aliphatic carbocycles. The van der Waals surface area contributed by atoms with Gasteiger partial charge >= 0.3 is 0 Å². The van der Waals surface area contributed by atoms with Crippen LogP contribution in [-0.4, -0.2) is 12.6 Å². The molecular weight excluding hydrogens is 225 g/mol. The maximum atomic E-state index is 13.1. The van der Waals surface area contributed by atoms with Crippen LogP contribution in [0.25, 0.3) is 0 Å². The summed E-state index contributed by atoms with van der Waals surface area (Å²) >= 11 is 0. The Morgan fingerprint density at radius 1 is 1.39 bits per heavy atom. The van der Waals surface area contributed by atoms with Crippen molar-refractivity contribution in [3.05, 3.63) is 35.6 Å². The molecule has 0 aromatic heterocycles.